The molecule has 0 heterocycles. The van der Waals surface area contributed by atoms with Crippen LogP contribution in [-0.2, 0) is 8.85 Å². The maximum atomic E-state index is 6.40. The first-order valence-corrected chi connectivity index (χ1v) is 9.25. The van der Waals surface area contributed by atoms with Crippen molar-refractivity contribution in [1.82, 2.24) is 0 Å². The Hall–Kier alpha value is 0.137. The van der Waals surface area contributed by atoms with Crippen LogP contribution in [0.4, 0.5) is 0 Å². The molecular weight excluding hydrogens is 228 g/mol. The Kier molecular flexibility index (Phi) is 5.67. The van der Waals surface area contributed by atoms with Gasteiger partial charge in [-0.15, -0.1) is 0 Å². The van der Waals surface area contributed by atoms with Crippen molar-refractivity contribution in [2.24, 2.45) is 0 Å². The lowest BCUT2D eigenvalue weighted by atomic mass is 10.3. The summed E-state index contributed by atoms with van der Waals surface area (Å²) in [5.41, 5.74) is 1.36. The lowest BCUT2D eigenvalue weighted by Crippen LogP contribution is -2.50. The second kappa shape index (κ2) is 6.35. The molecular formula is C14H30O2Si. The van der Waals surface area contributed by atoms with E-state index in [2.05, 4.69) is 41.5 Å². The standard InChI is InChI=1S/C14H30O2Si/c1-7-8-13(6)17(14-9-10-14,15-11(2)3)16-12(4)5/h11-14H,7-10H2,1-6H3. The molecule has 0 aromatic rings. The van der Waals surface area contributed by atoms with Gasteiger partial charge in [0, 0.05) is 23.3 Å². The Morgan fingerprint density at radius 2 is 1.47 bits per heavy atom. The van der Waals surface area contributed by atoms with Crippen LogP contribution in [-0.4, -0.2) is 20.8 Å². The summed E-state index contributed by atoms with van der Waals surface area (Å²) < 4.78 is 12.8. The van der Waals surface area contributed by atoms with Crippen molar-refractivity contribution >= 4 is 8.56 Å². The molecule has 0 N–H and O–H groups in total. The third-order valence-electron chi connectivity index (χ3n) is 3.39. The molecule has 0 spiro atoms. The molecule has 1 fully saturated rings. The van der Waals surface area contributed by atoms with Crippen LogP contribution in [0.5, 0.6) is 0 Å². The van der Waals surface area contributed by atoms with Crippen LogP contribution in [0.2, 0.25) is 11.1 Å². The highest BCUT2D eigenvalue weighted by atomic mass is 28.4. The van der Waals surface area contributed by atoms with E-state index >= 15 is 0 Å². The maximum absolute atomic E-state index is 6.40. The average molecular weight is 258 g/mol. The van der Waals surface area contributed by atoms with Gasteiger partial charge in [0.1, 0.15) is 0 Å². The van der Waals surface area contributed by atoms with Crippen LogP contribution in [0.15, 0.2) is 0 Å². The van der Waals surface area contributed by atoms with E-state index in [0.29, 0.717) is 17.7 Å². The zero-order valence-electron chi connectivity index (χ0n) is 12.5. The molecule has 1 rings (SSSR count). The lowest BCUT2D eigenvalue weighted by Gasteiger charge is -2.39. The van der Waals surface area contributed by atoms with Crippen molar-refractivity contribution in [2.45, 2.75) is 90.5 Å². The molecule has 0 amide bonds. The molecule has 0 aromatic heterocycles. The molecule has 0 saturated heterocycles. The van der Waals surface area contributed by atoms with Crippen LogP contribution in [0.3, 0.4) is 0 Å². The molecule has 102 valence electrons. The quantitative estimate of drug-likeness (QED) is 0.591. The fourth-order valence-electron chi connectivity index (χ4n) is 2.71. The molecule has 0 aromatic carbocycles. The summed E-state index contributed by atoms with van der Waals surface area (Å²) in [4.78, 5) is 0. The van der Waals surface area contributed by atoms with Crippen molar-refractivity contribution in [3.63, 3.8) is 0 Å². The van der Waals surface area contributed by atoms with Crippen LogP contribution < -0.4 is 0 Å². The molecule has 0 aliphatic heterocycles. The largest absolute Gasteiger partial charge is 0.391 e. The van der Waals surface area contributed by atoms with Gasteiger partial charge in [-0.05, 0) is 47.0 Å². The van der Waals surface area contributed by atoms with Crippen LogP contribution in [0, 0.1) is 0 Å². The first-order chi connectivity index (χ1) is 7.92. The number of rotatable bonds is 8. The normalized spacial score (nSPS) is 19.1. The molecule has 1 unspecified atom stereocenters. The Morgan fingerprint density at radius 1 is 1.00 bits per heavy atom. The van der Waals surface area contributed by atoms with E-state index in [1.165, 1.54) is 25.7 Å². The maximum Gasteiger partial charge on any atom is 0.344 e. The first-order valence-electron chi connectivity index (χ1n) is 7.28. The predicted molar refractivity (Wildman–Crippen MR) is 75.5 cm³/mol. The van der Waals surface area contributed by atoms with Gasteiger partial charge in [-0.3, -0.25) is 0 Å². The van der Waals surface area contributed by atoms with Gasteiger partial charge in [-0.25, -0.2) is 0 Å². The van der Waals surface area contributed by atoms with Crippen molar-refractivity contribution in [2.75, 3.05) is 0 Å². The molecule has 0 radical (unpaired) electrons. The highest BCUT2D eigenvalue weighted by molar-refractivity contribution is 6.71. The molecule has 1 aliphatic carbocycles. The van der Waals surface area contributed by atoms with E-state index in [1.807, 2.05) is 0 Å². The highest BCUT2D eigenvalue weighted by Crippen LogP contribution is 2.52. The summed E-state index contributed by atoms with van der Waals surface area (Å²) in [6.45, 7) is 13.2. The Bertz CT molecular complexity index is 214. The molecule has 2 nitrogen and oxygen atoms in total. The minimum absolute atomic E-state index is 0.292. The van der Waals surface area contributed by atoms with Gasteiger partial charge in [-0.2, -0.15) is 0 Å². The highest BCUT2D eigenvalue weighted by Gasteiger charge is 2.56. The van der Waals surface area contributed by atoms with Gasteiger partial charge in [-0.1, -0.05) is 20.3 Å². The molecule has 1 atom stereocenters. The van der Waals surface area contributed by atoms with E-state index in [0.717, 1.165) is 5.54 Å². The van der Waals surface area contributed by atoms with Crippen molar-refractivity contribution < 1.29 is 8.85 Å². The second-order valence-electron chi connectivity index (χ2n) is 6.02. The topological polar surface area (TPSA) is 18.5 Å². The average Bonchev–Trinajstić information content (AvgIpc) is 2.98. The third kappa shape index (κ3) is 4.07. The zero-order chi connectivity index (χ0) is 13.1. The third-order valence-corrected chi connectivity index (χ3v) is 8.45. The van der Waals surface area contributed by atoms with E-state index in [4.69, 9.17) is 8.85 Å². The fourth-order valence-corrected chi connectivity index (χ4v) is 7.56. The predicted octanol–water partition coefficient (Wildman–Crippen LogP) is 4.63. The minimum atomic E-state index is -2.01. The molecule has 3 heteroatoms. The Morgan fingerprint density at radius 3 is 1.76 bits per heavy atom. The summed E-state index contributed by atoms with van der Waals surface area (Å²) in [5, 5.41) is 0. The van der Waals surface area contributed by atoms with Crippen LogP contribution >= 0.6 is 0 Å². The first kappa shape index (κ1) is 15.2. The van der Waals surface area contributed by atoms with E-state index in [1.54, 1.807) is 0 Å². The lowest BCUT2D eigenvalue weighted by molar-refractivity contribution is 0.0948. The summed E-state index contributed by atoms with van der Waals surface area (Å²) in [7, 11) is -2.01. The van der Waals surface area contributed by atoms with Gasteiger partial charge in [0.05, 0.1) is 0 Å². The van der Waals surface area contributed by atoms with Crippen molar-refractivity contribution in [3.8, 4) is 0 Å². The van der Waals surface area contributed by atoms with Crippen molar-refractivity contribution in [3.05, 3.63) is 0 Å². The Balaban J connectivity index is 2.84. The SMILES string of the molecule is CCCC(C)[Si](OC(C)C)(OC(C)C)C1CC1. The van der Waals surface area contributed by atoms with E-state index in [-0.39, 0.29) is 0 Å². The second-order valence-corrected chi connectivity index (χ2v) is 9.73. The molecule has 1 aliphatic rings. The van der Waals surface area contributed by atoms with Gasteiger partial charge in [0.15, 0.2) is 0 Å². The number of hydrogen-bond acceptors (Lipinski definition) is 2. The fraction of sp³-hybridized carbons (Fsp3) is 1.00. The summed E-state index contributed by atoms with van der Waals surface area (Å²) >= 11 is 0. The Labute approximate surface area is 108 Å². The minimum Gasteiger partial charge on any atom is -0.391 e. The monoisotopic (exact) mass is 258 g/mol. The molecule has 1 saturated carbocycles. The molecule has 17 heavy (non-hydrogen) atoms. The summed E-state index contributed by atoms with van der Waals surface area (Å²) in [5.74, 6) is 0. The number of hydrogen-bond donors (Lipinski definition) is 0. The summed E-state index contributed by atoms with van der Waals surface area (Å²) in [6, 6.07) is 0. The van der Waals surface area contributed by atoms with E-state index in [9.17, 15) is 0 Å². The summed E-state index contributed by atoms with van der Waals surface area (Å²) in [6.07, 6.45) is 5.69. The van der Waals surface area contributed by atoms with Crippen LogP contribution in [0.1, 0.15) is 67.2 Å². The van der Waals surface area contributed by atoms with Crippen LogP contribution in [0.25, 0.3) is 0 Å². The molecule has 0 bridgehead atoms. The smallest absolute Gasteiger partial charge is 0.344 e. The van der Waals surface area contributed by atoms with Crippen molar-refractivity contribution in [1.29, 1.82) is 0 Å². The van der Waals surface area contributed by atoms with Gasteiger partial charge >= 0.3 is 8.56 Å². The van der Waals surface area contributed by atoms with Gasteiger partial charge in [0.2, 0.25) is 0 Å². The van der Waals surface area contributed by atoms with Gasteiger partial charge in [0.25, 0.3) is 0 Å². The van der Waals surface area contributed by atoms with Gasteiger partial charge < -0.3 is 8.85 Å². The van der Waals surface area contributed by atoms with E-state index < -0.39 is 8.56 Å². The zero-order valence-corrected chi connectivity index (χ0v) is 13.5.